The Hall–Kier alpha value is -1.39. The molecule has 0 saturated heterocycles. The summed E-state index contributed by atoms with van der Waals surface area (Å²) < 4.78 is 42.0. The fourth-order valence-corrected chi connectivity index (χ4v) is 3.27. The SMILES string of the molecule is Cc1nc(-c2c(N)nsc2N(CCO)CC(F)(F)F)cs1. The Morgan fingerprint density at radius 3 is 2.67 bits per heavy atom. The van der Waals surface area contributed by atoms with Gasteiger partial charge in [-0.3, -0.25) is 0 Å². The number of hydrogen-bond acceptors (Lipinski definition) is 7. The van der Waals surface area contributed by atoms with Gasteiger partial charge in [-0.05, 0) is 18.5 Å². The van der Waals surface area contributed by atoms with Gasteiger partial charge in [-0.25, -0.2) is 4.98 Å². The smallest absolute Gasteiger partial charge is 0.395 e. The Labute approximate surface area is 127 Å². The van der Waals surface area contributed by atoms with Crippen LogP contribution in [0.3, 0.4) is 0 Å². The van der Waals surface area contributed by atoms with Crippen molar-refractivity contribution < 1.29 is 18.3 Å². The summed E-state index contributed by atoms with van der Waals surface area (Å²) in [5.41, 5.74) is 6.67. The number of hydrogen-bond donors (Lipinski definition) is 2. The van der Waals surface area contributed by atoms with Crippen molar-refractivity contribution in [3.05, 3.63) is 10.4 Å². The summed E-state index contributed by atoms with van der Waals surface area (Å²) in [7, 11) is 0. The third kappa shape index (κ3) is 3.83. The number of anilines is 2. The van der Waals surface area contributed by atoms with Gasteiger partial charge in [0.2, 0.25) is 0 Å². The number of aromatic nitrogens is 2. The van der Waals surface area contributed by atoms with Crippen molar-refractivity contribution in [1.82, 2.24) is 9.36 Å². The molecule has 0 spiro atoms. The van der Waals surface area contributed by atoms with Gasteiger partial charge in [0.25, 0.3) is 0 Å². The van der Waals surface area contributed by atoms with Gasteiger partial charge in [-0.2, -0.15) is 17.5 Å². The molecule has 0 saturated carbocycles. The number of rotatable bonds is 5. The lowest BCUT2D eigenvalue weighted by Crippen LogP contribution is -2.36. The van der Waals surface area contributed by atoms with Gasteiger partial charge in [0.05, 0.1) is 22.9 Å². The molecule has 5 nitrogen and oxygen atoms in total. The Balaban J connectivity index is 2.42. The number of nitrogens with zero attached hydrogens (tertiary/aromatic N) is 3. The quantitative estimate of drug-likeness (QED) is 0.876. The molecule has 2 aromatic heterocycles. The first-order chi connectivity index (χ1) is 9.81. The molecule has 116 valence electrons. The second-order valence-electron chi connectivity index (χ2n) is 4.26. The highest BCUT2D eigenvalue weighted by Gasteiger charge is 2.33. The zero-order valence-electron chi connectivity index (χ0n) is 11.0. The van der Waals surface area contributed by atoms with E-state index in [0.29, 0.717) is 11.3 Å². The maximum atomic E-state index is 12.7. The Morgan fingerprint density at radius 1 is 1.43 bits per heavy atom. The first-order valence-corrected chi connectivity index (χ1v) is 7.57. The molecule has 0 atom stereocenters. The van der Waals surface area contributed by atoms with Gasteiger partial charge >= 0.3 is 6.18 Å². The lowest BCUT2D eigenvalue weighted by atomic mass is 10.2. The van der Waals surface area contributed by atoms with E-state index in [1.54, 1.807) is 12.3 Å². The Kier molecular flexibility index (Phi) is 4.69. The van der Waals surface area contributed by atoms with Gasteiger partial charge in [0, 0.05) is 11.9 Å². The van der Waals surface area contributed by atoms with Crippen LogP contribution in [0.25, 0.3) is 11.3 Å². The number of aliphatic hydroxyl groups excluding tert-OH is 1. The molecule has 2 aromatic rings. The van der Waals surface area contributed by atoms with Crippen molar-refractivity contribution >= 4 is 33.7 Å². The molecule has 2 rings (SSSR count). The van der Waals surface area contributed by atoms with Crippen molar-refractivity contribution in [2.24, 2.45) is 0 Å². The van der Waals surface area contributed by atoms with Crippen LogP contribution in [0.5, 0.6) is 0 Å². The molecular weight excluding hydrogens is 325 g/mol. The molecule has 0 aliphatic rings. The molecule has 0 aliphatic carbocycles. The van der Waals surface area contributed by atoms with Crippen LogP contribution in [0.2, 0.25) is 0 Å². The molecule has 0 amide bonds. The van der Waals surface area contributed by atoms with Gasteiger partial charge in [0.15, 0.2) is 0 Å². The van der Waals surface area contributed by atoms with Gasteiger partial charge in [0.1, 0.15) is 17.4 Å². The van der Waals surface area contributed by atoms with E-state index in [1.807, 2.05) is 0 Å². The summed E-state index contributed by atoms with van der Waals surface area (Å²) in [6.45, 7) is 0.0665. The largest absolute Gasteiger partial charge is 0.405 e. The van der Waals surface area contributed by atoms with E-state index in [1.165, 1.54) is 11.3 Å². The minimum Gasteiger partial charge on any atom is -0.395 e. The van der Waals surface area contributed by atoms with E-state index in [4.69, 9.17) is 10.8 Å². The lowest BCUT2D eigenvalue weighted by Gasteiger charge is -2.24. The summed E-state index contributed by atoms with van der Waals surface area (Å²) in [6, 6.07) is 0. The molecule has 0 aliphatic heterocycles. The second-order valence-corrected chi connectivity index (χ2v) is 6.07. The van der Waals surface area contributed by atoms with Crippen LogP contribution >= 0.6 is 22.9 Å². The van der Waals surface area contributed by atoms with Crippen LogP contribution in [0.4, 0.5) is 24.0 Å². The summed E-state index contributed by atoms with van der Waals surface area (Å²) in [6.07, 6.45) is -4.39. The topological polar surface area (TPSA) is 75.3 Å². The van der Waals surface area contributed by atoms with Gasteiger partial charge in [-0.1, -0.05) is 0 Å². The number of aliphatic hydroxyl groups is 1. The first kappa shape index (κ1) is 16.0. The number of nitrogens with two attached hydrogens (primary N) is 1. The predicted octanol–water partition coefficient (Wildman–Crippen LogP) is 2.52. The molecule has 21 heavy (non-hydrogen) atoms. The third-order valence-corrected chi connectivity index (χ3v) is 4.30. The van der Waals surface area contributed by atoms with Crippen molar-refractivity contribution in [1.29, 1.82) is 0 Å². The number of alkyl halides is 3. The van der Waals surface area contributed by atoms with Crippen LogP contribution in [0.1, 0.15) is 5.01 Å². The van der Waals surface area contributed by atoms with E-state index >= 15 is 0 Å². The van der Waals surface area contributed by atoms with Crippen LogP contribution in [0, 0.1) is 6.92 Å². The van der Waals surface area contributed by atoms with Gasteiger partial charge < -0.3 is 15.7 Å². The van der Waals surface area contributed by atoms with Crippen molar-refractivity contribution in [3.63, 3.8) is 0 Å². The zero-order valence-corrected chi connectivity index (χ0v) is 12.6. The lowest BCUT2D eigenvalue weighted by molar-refractivity contribution is -0.119. The molecule has 2 heterocycles. The molecule has 0 radical (unpaired) electrons. The van der Waals surface area contributed by atoms with E-state index in [2.05, 4.69) is 9.36 Å². The number of halogens is 3. The molecule has 0 bridgehead atoms. The summed E-state index contributed by atoms with van der Waals surface area (Å²) >= 11 is 2.25. The highest BCUT2D eigenvalue weighted by atomic mass is 32.1. The highest BCUT2D eigenvalue weighted by molar-refractivity contribution is 7.11. The van der Waals surface area contributed by atoms with E-state index in [0.717, 1.165) is 21.4 Å². The first-order valence-electron chi connectivity index (χ1n) is 5.92. The zero-order chi connectivity index (χ0) is 15.6. The Bertz CT molecular complexity index is 611. The maximum absolute atomic E-state index is 12.7. The molecule has 3 N–H and O–H groups in total. The second kappa shape index (κ2) is 6.16. The fourth-order valence-electron chi connectivity index (χ4n) is 1.82. The summed E-state index contributed by atoms with van der Waals surface area (Å²) in [5, 5.41) is 11.8. The standard InChI is InChI=1S/C11H13F3N4OS2/c1-6-16-7(4-20-6)8-9(15)17-21-10(8)18(2-3-19)5-11(12,13)14/h4,19H,2-3,5H2,1H3,(H2,15,17). The Morgan fingerprint density at radius 2 is 2.14 bits per heavy atom. The minimum atomic E-state index is -4.39. The average molecular weight is 338 g/mol. The summed E-state index contributed by atoms with van der Waals surface area (Å²) in [4.78, 5) is 5.27. The van der Waals surface area contributed by atoms with Crippen molar-refractivity contribution in [2.45, 2.75) is 13.1 Å². The average Bonchev–Trinajstić information content (AvgIpc) is 2.93. The molecule has 0 fully saturated rings. The molecule has 0 aromatic carbocycles. The molecule has 0 unspecified atom stereocenters. The normalized spacial score (nSPS) is 11.9. The third-order valence-electron chi connectivity index (χ3n) is 2.60. The highest BCUT2D eigenvalue weighted by Crippen LogP contribution is 2.40. The number of aryl methyl sites for hydroxylation is 1. The van der Waals surface area contributed by atoms with E-state index in [-0.39, 0.29) is 17.4 Å². The van der Waals surface area contributed by atoms with Gasteiger partial charge in [-0.15, -0.1) is 11.3 Å². The van der Waals surface area contributed by atoms with E-state index < -0.39 is 19.3 Å². The number of thiazole rings is 1. The summed E-state index contributed by atoms with van der Waals surface area (Å²) in [5.74, 6) is 0.144. The van der Waals surface area contributed by atoms with Crippen LogP contribution in [0.15, 0.2) is 5.38 Å². The fraction of sp³-hybridized carbons (Fsp3) is 0.455. The van der Waals surface area contributed by atoms with Crippen LogP contribution < -0.4 is 10.6 Å². The molecular formula is C11H13F3N4OS2. The maximum Gasteiger partial charge on any atom is 0.405 e. The predicted molar refractivity (Wildman–Crippen MR) is 77.7 cm³/mol. The van der Waals surface area contributed by atoms with Crippen molar-refractivity contribution in [2.75, 3.05) is 30.3 Å². The number of nitrogen functional groups attached to an aromatic ring is 1. The molecule has 10 heteroatoms. The monoisotopic (exact) mass is 338 g/mol. The minimum absolute atomic E-state index is 0.144. The van der Waals surface area contributed by atoms with E-state index in [9.17, 15) is 13.2 Å². The van der Waals surface area contributed by atoms with Crippen LogP contribution in [-0.2, 0) is 0 Å². The van der Waals surface area contributed by atoms with Crippen molar-refractivity contribution in [3.8, 4) is 11.3 Å². The van der Waals surface area contributed by atoms with Crippen LogP contribution in [-0.4, -0.2) is 40.3 Å².